The quantitative estimate of drug-likeness (QED) is 0.589. The van der Waals surface area contributed by atoms with Gasteiger partial charge in [-0.05, 0) is 11.1 Å². The minimum atomic E-state index is -1.48. The number of benzene rings is 2. The maximum atomic E-state index is 11.8. The largest absolute Gasteiger partial charge is 0.457 e. The number of carbonyl (C=O) groups excluding carboxylic acids is 2. The molecule has 0 spiro atoms. The molecule has 1 heterocycles. The molecule has 1 fully saturated rings. The molecule has 0 amide bonds. The topological polar surface area (TPSA) is 101 Å². The average Bonchev–Trinajstić information content (AvgIpc) is 2.77. The van der Waals surface area contributed by atoms with Crippen LogP contribution in [-0.4, -0.2) is 54.4 Å². The second-order valence-corrected chi connectivity index (χ2v) is 7.48. The van der Waals surface area contributed by atoms with Gasteiger partial charge < -0.3 is 28.8 Å². The van der Waals surface area contributed by atoms with Gasteiger partial charge in [-0.3, -0.25) is 9.59 Å². The molecule has 0 bridgehead atoms. The summed E-state index contributed by atoms with van der Waals surface area (Å²) < 4.78 is 28.2. The van der Waals surface area contributed by atoms with E-state index in [0.717, 1.165) is 11.1 Å². The highest BCUT2D eigenvalue weighted by molar-refractivity contribution is 5.67. The molecule has 8 nitrogen and oxygen atoms in total. The first-order valence-corrected chi connectivity index (χ1v) is 10.4. The van der Waals surface area contributed by atoms with Crippen molar-refractivity contribution in [1.29, 1.82) is 0 Å². The lowest BCUT2D eigenvalue weighted by Gasteiger charge is -2.43. The Morgan fingerprint density at radius 1 is 0.812 bits per heavy atom. The minimum Gasteiger partial charge on any atom is -0.457 e. The zero-order chi connectivity index (χ0) is 22.9. The fourth-order valence-corrected chi connectivity index (χ4v) is 3.50. The van der Waals surface area contributed by atoms with Gasteiger partial charge in [-0.1, -0.05) is 60.7 Å². The Bertz CT molecular complexity index is 857. The molecular formula is C24H28O8. The van der Waals surface area contributed by atoms with Crippen LogP contribution in [0.2, 0.25) is 0 Å². The van der Waals surface area contributed by atoms with E-state index in [1.165, 1.54) is 13.8 Å². The smallest absolute Gasteiger partial charge is 0.303 e. The fraction of sp³-hybridized carbons (Fsp3) is 0.417. The van der Waals surface area contributed by atoms with Gasteiger partial charge in [-0.15, -0.1) is 0 Å². The number of aliphatic hydroxyl groups is 1. The monoisotopic (exact) mass is 444 g/mol. The Morgan fingerprint density at radius 3 is 1.91 bits per heavy atom. The average molecular weight is 444 g/mol. The van der Waals surface area contributed by atoms with Crippen molar-refractivity contribution in [2.45, 2.75) is 57.8 Å². The van der Waals surface area contributed by atoms with Crippen LogP contribution in [0.1, 0.15) is 25.0 Å². The van der Waals surface area contributed by atoms with Crippen molar-refractivity contribution in [3.8, 4) is 0 Å². The van der Waals surface area contributed by atoms with Crippen LogP contribution in [0, 0.1) is 0 Å². The van der Waals surface area contributed by atoms with Crippen molar-refractivity contribution >= 4 is 11.9 Å². The highest BCUT2D eigenvalue weighted by Gasteiger charge is 2.50. The van der Waals surface area contributed by atoms with Gasteiger partial charge in [0.1, 0.15) is 12.2 Å². The fourth-order valence-electron chi connectivity index (χ4n) is 3.50. The highest BCUT2D eigenvalue weighted by atomic mass is 16.7. The van der Waals surface area contributed by atoms with Gasteiger partial charge in [0.25, 0.3) is 0 Å². The van der Waals surface area contributed by atoms with Crippen LogP contribution in [-0.2, 0) is 46.5 Å². The maximum Gasteiger partial charge on any atom is 0.303 e. The Labute approximate surface area is 187 Å². The lowest BCUT2D eigenvalue weighted by atomic mass is 9.98. The van der Waals surface area contributed by atoms with Crippen molar-refractivity contribution in [2.24, 2.45) is 0 Å². The molecule has 0 aliphatic carbocycles. The lowest BCUT2D eigenvalue weighted by Crippen LogP contribution is -2.61. The zero-order valence-corrected chi connectivity index (χ0v) is 18.1. The van der Waals surface area contributed by atoms with E-state index in [9.17, 15) is 14.7 Å². The first-order chi connectivity index (χ1) is 15.4. The Morgan fingerprint density at radius 2 is 1.34 bits per heavy atom. The summed E-state index contributed by atoms with van der Waals surface area (Å²) in [5, 5.41) is 10.5. The highest BCUT2D eigenvalue weighted by Crippen LogP contribution is 2.29. The standard InChI is InChI=1S/C24H28O8/c1-16(25)30-21-20(15-28-13-18-9-5-3-6-10-18)32-24(27)23(31-17(2)26)22(21)29-14-19-11-7-4-8-12-19/h3-12,20-24,27H,13-15H2,1-2H3/t20-,21-,22+,23+,24+/m1/s1. The third kappa shape index (κ3) is 6.86. The van der Waals surface area contributed by atoms with E-state index in [2.05, 4.69) is 0 Å². The Hall–Kier alpha value is -2.78. The van der Waals surface area contributed by atoms with Crippen molar-refractivity contribution in [3.63, 3.8) is 0 Å². The SMILES string of the molecule is CC(=O)O[C@H]1[C@@H](OCc2ccccc2)[C@H](OC(C)=O)[C@@H](COCc2ccccc2)O[C@@H]1O. The molecule has 2 aromatic rings. The van der Waals surface area contributed by atoms with Gasteiger partial charge in [-0.25, -0.2) is 0 Å². The summed E-state index contributed by atoms with van der Waals surface area (Å²) in [5.74, 6) is -1.18. The lowest BCUT2D eigenvalue weighted by molar-refractivity contribution is -0.303. The Balaban J connectivity index is 1.76. The van der Waals surface area contributed by atoms with Gasteiger partial charge >= 0.3 is 11.9 Å². The third-order valence-electron chi connectivity index (χ3n) is 4.89. The summed E-state index contributed by atoms with van der Waals surface area (Å²) in [7, 11) is 0. The number of aliphatic hydroxyl groups excluding tert-OH is 1. The number of hydrogen-bond donors (Lipinski definition) is 1. The second kappa shape index (κ2) is 11.7. The molecule has 5 atom stereocenters. The van der Waals surface area contributed by atoms with Crippen molar-refractivity contribution in [1.82, 2.24) is 0 Å². The Kier molecular flexibility index (Phi) is 8.75. The predicted octanol–water partition coefficient (Wildman–Crippen LogP) is 2.37. The first kappa shape index (κ1) is 23.9. The van der Waals surface area contributed by atoms with Crippen molar-refractivity contribution in [2.75, 3.05) is 6.61 Å². The summed E-state index contributed by atoms with van der Waals surface area (Å²) in [6, 6.07) is 18.9. The van der Waals surface area contributed by atoms with Gasteiger partial charge in [0, 0.05) is 13.8 Å². The number of esters is 2. The summed E-state index contributed by atoms with van der Waals surface area (Å²) in [5.41, 5.74) is 1.83. The minimum absolute atomic E-state index is 0.0297. The summed E-state index contributed by atoms with van der Waals surface area (Å²) >= 11 is 0. The van der Waals surface area contributed by atoms with E-state index in [0.29, 0.717) is 6.61 Å². The molecule has 1 N–H and O–H groups in total. The zero-order valence-electron chi connectivity index (χ0n) is 18.1. The van der Waals surface area contributed by atoms with Crippen molar-refractivity contribution < 1.29 is 38.4 Å². The van der Waals surface area contributed by atoms with E-state index < -0.39 is 42.6 Å². The molecule has 32 heavy (non-hydrogen) atoms. The summed E-state index contributed by atoms with van der Waals surface area (Å²) in [4.78, 5) is 23.5. The molecule has 0 aromatic heterocycles. The van der Waals surface area contributed by atoms with Crippen LogP contribution < -0.4 is 0 Å². The van der Waals surface area contributed by atoms with Gasteiger partial charge in [0.2, 0.25) is 0 Å². The van der Waals surface area contributed by atoms with Crippen LogP contribution >= 0.6 is 0 Å². The molecule has 172 valence electrons. The molecule has 0 radical (unpaired) electrons. The molecule has 8 heteroatoms. The van der Waals surface area contributed by atoms with Crippen LogP contribution in [0.25, 0.3) is 0 Å². The van der Waals surface area contributed by atoms with E-state index >= 15 is 0 Å². The van der Waals surface area contributed by atoms with Crippen LogP contribution in [0.15, 0.2) is 60.7 Å². The third-order valence-corrected chi connectivity index (χ3v) is 4.89. The second-order valence-electron chi connectivity index (χ2n) is 7.48. The number of ether oxygens (including phenoxy) is 5. The number of hydrogen-bond acceptors (Lipinski definition) is 8. The van der Waals surface area contributed by atoms with Gasteiger partial charge in [0.05, 0.1) is 19.8 Å². The van der Waals surface area contributed by atoms with E-state index in [1.54, 1.807) is 0 Å². The van der Waals surface area contributed by atoms with Gasteiger partial charge in [0.15, 0.2) is 18.5 Å². The first-order valence-electron chi connectivity index (χ1n) is 10.4. The normalized spacial score (nSPS) is 25.2. The molecule has 3 rings (SSSR count). The summed E-state index contributed by atoms with van der Waals surface area (Å²) in [6.45, 7) is 2.98. The van der Waals surface area contributed by atoms with Crippen molar-refractivity contribution in [3.05, 3.63) is 71.8 Å². The number of rotatable bonds is 9. The summed E-state index contributed by atoms with van der Waals surface area (Å²) in [6.07, 6.45) is -5.40. The molecule has 1 aliphatic heterocycles. The van der Waals surface area contributed by atoms with E-state index in [4.69, 9.17) is 23.7 Å². The van der Waals surface area contributed by atoms with Gasteiger partial charge in [-0.2, -0.15) is 0 Å². The molecule has 1 aliphatic rings. The maximum absolute atomic E-state index is 11.8. The van der Waals surface area contributed by atoms with E-state index in [1.807, 2.05) is 60.7 Å². The van der Waals surface area contributed by atoms with Crippen LogP contribution in [0.4, 0.5) is 0 Å². The van der Waals surface area contributed by atoms with Crippen LogP contribution in [0.5, 0.6) is 0 Å². The molecule has 0 saturated carbocycles. The molecular weight excluding hydrogens is 416 g/mol. The number of carbonyl (C=O) groups is 2. The van der Waals surface area contributed by atoms with E-state index in [-0.39, 0.29) is 13.2 Å². The molecule has 1 saturated heterocycles. The van der Waals surface area contributed by atoms with Crippen LogP contribution in [0.3, 0.4) is 0 Å². The molecule has 2 aromatic carbocycles. The molecule has 0 unspecified atom stereocenters. The predicted molar refractivity (Wildman–Crippen MR) is 113 cm³/mol.